The van der Waals surface area contributed by atoms with Gasteiger partial charge in [-0.05, 0) is 62.6 Å². The molecule has 0 aliphatic heterocycles. The van der Waals surface area contributed by atoms with Crippen LogP contribution in [0.4, 0.5) is 0 Å². The Kier molecular flexibility index (Phi) is 2.81. The van der Waals surface area contributed by atoms with Crippen molar-refractivity contribution in [1.82, 2.24) is 4.98 Å². The van der Waals surface area contributed by atoms with Gasteiger partial charge in [0.25, 0.3) is 0 Å². The van der Waals surface area contributed by atoms with Crippen LogP contribution >= 0.6 is 15.9 Å². The molecule has 6 rings (SSSR count). The third-order valence-electron chi connectivity index (χ3n) is 5.42. The lowest BCUT2D eigenvalue weighted by Crippen LogP contribution is -1.83. The van der Waals surface area contributed by atoms with Gasteiger partial charge in [0, 0.05) is 26.3 Å². The van der Waals surface area contributed by atoms with Gasteiger partial charge in [-0.3, -0.25) is 0 Å². The molecule has 0 atom stereocenters. The normalized spacial score (nSPS) is 12.0. The minimum absolute atomic E-state index is 1.11. The van der Waals surface area contributed by atoms with Gasteiger partial charge in [-0.25, -0.2) is 0 Å². The molecule has 0 amide bonds. The number of nitrogens with one attached hydrogen (secondary N) is 1. The molecular weight excluding hydrogens is 382 g/mol. The number of H-pyrrole nitrogens is 1. The molecule has 26 heavy (non-hydrogen) atoms. The van der Waals surface area contributed by atoms with Crippen LogP contribution in [-0.2, 0) is 0 Å². The zero-order valence-electron chi connectivity index (χ0n) is 13.9. The quantitative estimate of drug-likeness (QED) is 0.255. The van der Waals surface area contributed by atoms with Crippen molar-refractivity contribution in [2.45, 2.75) is 0 Å². The maximum Gasteiger partial charge on any atom is 0.0471 e. The summed E-state index contributed by atoms with van der Waals surface area (Å²) in [5.41, 5.74) is 2.36. The van der Waals surface area contributed by atoms with Crippen molar-refractivity contribution in [3.8, 4) is 0 Å². The van der Waals surface area contributed by atoms with Gasteiger partial charge < -0.3 is 4.98 Å². The molecule has 2 heteroatoms. The van der Waals surface area contributed by atoms with Gasteiger partial charge in [-0.1, -0.05) is 64.5 Å². The van der Waals surface area contributed by atoms with Gasteiger partial charge in [-0.15, -0.1) is 0 Å². The summed E-state index contributed by atoms with van der Waals surface area (Å²) in [6, 6.07) is 28.5. The summed E-state index contributed by atoms with van der Waals surface area (Å²) in [4.78, 5) is 3.59. The Bertz CT molecular complexity index is 1490. The maximum absolute atomic E-state index is 3.61. The molecule has 1 aromatic heterocycles. The first-order valence-corrected chi connectivity index (χ1v) is 9.53. The van der Waals surface area contributed by atoms with E-state index in [1.54, 1.807) is 0 Å². The summed E-state index contributed by atoms with van der Waals surface area (Å²) >= 11 is 3.61. The van der Waals surface area contributed by atoms with E-state index in [0.717, 1.165) is 4.47 Å². The van der Waals surface area contributed by atoms with E-state index in [4.69, 9.17) is 0 Å². The summed E-state index contributed by atoms with van der Waals surface area (Å²) < 4.78 is 1.11. The topological polar surface area (TPSA) is 15.8 Å². The van der Waals surface area contributed by atoms with E-state index in [2.05, 4.69) is 99.8 Å². The molecule has 0 radical (unpaired) electrons. The molecular formula is C24H14BrN. The number of hydrogen-bond acceptors (Lipinski definition) is 0. The SMILES string of the molecule is Brc1ccc2[nH]c3cc4c5ccccc5c5ccccc5c4cc3c2c1. The fourth-order valence-corrected chi connectivity index (χ4v) is 4.63. The highest BCUT2D eigenvalue weighted by atomic mass is 79.9. The largest absolute Gasteiger partial charge is 0.354 e. The van der Waals surface area contributed by atoms with Crippen LogP contribution < -0.4 is 0 Å². The zero-order chi connectivity index (χ0) is 17.3. The highest BCUT2D eigenvalue weighted by Gasteiger charge is 2.12. The molecule has 0 bridgehead atoms. The van der Waals surface area contributed by atoms with E-state index >= 15 is 0 Å². The van der Waals surface area contributed by atoms with Crippen LogP contribution in [0.15, 0.2) is 83.3 Å². The van der Waals surface area contributed by atoms with Crippen LogP contribution in [-0.4, -0.2) is 4.98 Å². The number of rotatable bonds is 0. The Balaban J connectivity index is 1.94. The van der Waals surface area contributed by atoms with Crippen LogP contribution in [0.2, 0.25) is 0 Å². The molecule has 0 saturated heterocycles. The first kappa shape index (κ1) is 14.3. The molecule has 0 aliphatic rings. The first-order chi connectivity index (χ1) is 12.8. The van der Waals surface area contributed by atoms with Crippen molar-refractivity contribution in [2.24, 2.45) is 0 Å². The number of hydrogen-bond donors (Lipinski definition) is 1. The second-order valence-electron chi connectivity index (χ2n) is 6.85. The summed E-state index contributed by atoms with van der Waals surface area (Å²) in [6.45, 7) is 0. The lowest BCUT2D eigenvalue weighted by Gasteiger charge is -2.10. The third-order valence-corrected chi connectivity index (χ3v) is 5.92. The Hall–Kier alpha value is -2.84. The predicted octanol–water partition coefficient (Wildman–Crippen LogP) is 7.54. The Labute approximate surface area is 158 Å². The maximum atomic E-state index is 3.61. The number of aromatic amines is 1. The molecule has 6 aromatic rings. The summed E-state index contributed by atoms with van der Waals surface area (Å²) in [6.07, 6.45) is 0. The smallest absolute Gasteiger partial charge is 0.0471 e. The number of halogens is 1. The fourth-order valence-electron chi connectivity index (χ4n) is 4.27. The highest BCUT2D eigenvalue weighted by molar-refractivity contribution is 9.10. The molecule has 0 aliphatic carbocycles. The Morgan fingerprint density at radius 1 is 0.462 bits per heavy atom. The molecule has 122 valence electrons. The summed E-state index contributed by atoms with van der Waals surface area (Å²) in [5, 5.41) is 10.4. The summed E-state index contributed by atoms with van der Waals surface area (Å²) in [7, 11) is 0. The third kappa shape index (κ3) is 1.85. The first-order valence-electron chi connectivity index (χ1n) is 8.74. The highest BCUT2D eigenvalue weighted by Crippen LogP contribution is 2.38. The van der Waals surface area contributed by atoms with E-state index in [9.17, 15) is 0 Å². The Morgan fingerprint density at radius 3 is 1.65 bits per heavy atom. The van der Waals surface area contributed by atoms with Crippen LogP contribution in [0.1, 0.15) is 0 Å². The van der Waals surface area contributed by atoms with Crippen LogP contribution in [0.3, 0.4) is 0 Å². The standard InChI is InChI=1S/C24H14BrN/c25-14-9-10-23-21(11-14)22-12-19-17-7-3-1-5-15(17)16-6-2-4-8-18(16)20(19)13-24(22)26-23/h1-13,26H. The van der Waals surface area contributed by atoms with Crippen molar-refractivity contribution in [3.63, 3.8) is 0 Å². The van der Waals surface area contributed by atoms with Crippen LogP contribution in [0.5, 0.6) is 0 Å². The van der Waals surface area contributed by atoms with Crippen molar-refractivity contribution in [3.05, 3.63) is 83.3 Å². The minimum Gasteiger partial charge on any atom is -0.354 e. The van der Waals surface area contributed by atoms with Crippen molar-refractivity contribution in [2.75, 3.05) is 0 Å². The molecule has 0 fully saturated rings. The van der Waals surface area contributed by atoms with Gasteiger partial charge >= 0.3 is 0 Å². The van der Waals surface area contributed by atoms with Crippen LogP contribution in [0.25, 0.3) is 54.1 Å². The lowest BCUT2D eigenvalue weighted by molar-refractivity contribution is 1.55. The van der Waals surface area contributed by atoms with Gasteiger partial charge in [0.2, 0.25) is 0 Å². The van der Waals surface area contributed by atoms with E-state index in [-0.39, 0.29) is 0 Å². The van der Waals surface area contributed by atoms with E-state index in [1.165, 1.54) is 54.1 Å². The fraction of sp³-hybridized carbons (Fsp3) is 0. The van der Waals surface area contributed by atoms with Gasteiger partial charge in [0.05, 0.1) is 0 Å². The molecule has 0 spiro atoms. The second-order valence-corrected chi connectivity index (χ2v) is 7.77. The molecule has 5 aromatic carbocycles. The summed E-state index contributed by atoms with van der Waals surface area (Å²) in [5.74, 6) is 0. The Morgan fingerprint density at radius 2 is 1.00 bits per heavy atom. The van der Waals surface area contributed by atoms with E-state index < -0.39 is 0 Å². The second kappa shape index (κ2) is 5.09. The lowest BCUT2D eigenvalue weighted by atomic mass is 9.93. The average molecular weight is 396 g/mol. The number of fused-ring (bicyclic) bond motifs is 9. The number of aromatic nitrogens is 1. The molecule has 1 N–H and O–H groups in total. The monoisotopic (exact) mass is 395 g/mol. The molecule has 1 nitrogen and oxygen atoms in total. The van der Waals surface area contributed by atoms with Crippen molar-refractivity contribution < 1.29 is 0 Å². The minimum atomic E-state index is 1.11. The van der Waals surface area contributed by atoms with Crippen molar-refractivity contribution >= 4 is 70.1 Å². The van der Waals surface area contributed by atoms with Gasteiger partial charge in [-0.2, -0.15) is 0 Å². The van der Waals surface area contributed by atoms with Gasteiger partial charge in [0.15, 0.2) is 0 Å². The van der Waals surface area contributed by atoms with E-state index in [1.807, 2.05) is 0 Å². The molecule has 0 unspecified atom stereocenters. The predicted molar refractivity (Wildman–Crippen MR) is 116 cm³/mol. The zero-order valence-corrected chi connectivity index (χ0v) is 15.5. The average Bonchev–Trinajstić information content (AvgIpc) is 3.04. The number of benzene rings is 5. The van der Waals surface area contributed by atoms with Gasteiger partial charge in [0.1, 0.15) is 0 Å². The van der Waals surface area contributed by atoms with Crippen LogP contribution in [0, 0.1) is 0 Å². The van der Waals surface area contributed by atoms with Crippen molar-refractivity contribution in [1.29, 1.82) is 0 Å². The molecule has 0 saturated carbocycles. The molecule has 1 heterocycles. The van der Waals surface area contributed by atoms with E-state index in [0.29, 0.717) is 0 Å².